The van der Waals surface area contributed by atoms with Gasteiger partial charge in [-0.15, -0.1) is 0 Å². The van der Waals surface area contributed by atoms with Crippen LogP contribution in [-0.4, -0.2) is 5.91 Å². The molecule has 0 radical (unpaired) electrons. The van der Waals surface area contributed by atoms with Crippen molar-refractivity contribution in [3.63, 3.8) is 0 Å². The number of rotatable bonds is 0. The molecule has 1 aromatic carbocycles. The summed E-state index contributed by atoms with van der Waals surface area (Å²) in [7, 11) is 0. The molecular weight excluding hydrogens is 267 g/mol. The number of nitrogens with two attached hydrogens (primary N) is 1. The summed E-state index contributed by atoms with van der Waals surface area (Å²) in [6, 6.07) is 3.65. The zero-order valence-corrected chi connectivity index (χ0v) is 8.38. The minimum atomic E-state index is 0.00870. The smallest absolute Gasteiger partial charge is 0.252 e. The number of amides is 1. The number of carbonyl (C=O) groups excluding carboxylic acids is 1. The van der Waals surface area contributed by atoms with Crippen LogP contribution in [0.3, 0.4) is 0 Å². The van der Waals surface area contributed by atoms with Crippen molar-refractivity contribution < 1.29 is 4.79 Å². The number of fused-ring (bicyclic) bond motifs is 1. The summed E-state index contributed by atoms with van der Waals surface area (Å²) in [5, 5.41) is 2.75. The van der Waals surface area contributed by atoms with Crippen molar-refractivity contribution in [2.24, 2.45) is 0 Å². The highest BCUT2D eigenvalue weighted by Crippen LogP contribution is 2.24. The molecule has 0 bridgehead atoms. The summed E-state index contributed by atoms with van der Waals surface area (Å²) in [6.45, 7) is 0.606. The lowest BCUT2D eigenvalue weighted by Gasteiger charge is -2.00. The molecule has 0 saturated heterocycles. The first kappa shape index (κ1) is 7.85. The predicted octanol–water partition coefficient (Wildman–Crippen LogP) is 1.12. The molecule has 1 aliphatic heterocycles. The van der Waals surface area contributed by atoms with Crippen molar-refractivity contribution in [2.75, 3.05) is 5.73 Å². The number of anilines is 1. The average Bonchev–Trinajstić information content (AvgIpc) is 2.31. The van der Waals surface area contributed by atoms with Crippen LogP contribution in [-0.2, 0) is 6.54 Å². The van der Waals surface area contributed by atoms with E-state index in [1.807, 2.05) is 12.1 Å². The van der Waals surface area contributed by atoms with Gasteiger partial charge in [-0.3, -0.25) is 4.79 Å². The molecule has 1 heterocycles. The van der Waals surface area contributed by atoms with Crippen LogP contribution in [0.25, 0.3) is 0 Å². The molecule has 0 aliphatic carbocycles. The minimum absolute atomic E-state index is 0.00870. The average molecular weight is 274 g/mol. The number of benzene rings is 1. The molecule has 3 N–H and O–H groups in total. The van der Waals surface area contributed by atoms with E-state index >= 15 is 0 Å². The van der Waals surface area contributed by atoms with E-state index in [1.54, 1.807) is 0 Å². The molecule has 0 spiro atoms. The van der Waals surface area contributed by atoms with Gasteiger partial charge in [0.05, 0.1) is 5.56 Å². The zero-order valence-electron chi connectivity index (χ0n) is 6.23. The van der Waals surface area contributed by atoms with E-state index in [0.717, 1.165) is 20.4 Å². The predicted molar refractivity (Wildman–Crippen MR) is 54.7 cm³/mol. The van der Waals surface area contributed by atoms with E-state index in [4.69, 9.17) is 5.73 Å². The first-order valence-electron chi connectivity index (χ1n) is 3.54. The largest absolute Gasteiger partial charge is 0.399 e. The van der Waals surface area contributed by atoms with Gasteiger partial charge >= 0.3 is 0 Å². The summed E-state index contributed by atoms with van der Waals surface area (Å²) in [4.78, 5) is 11.2. The topological polar surface area (TPSA) is 55.1 Å². The summed E-state index contributed by atoms with van der Waals surface area (Å²) < 4.78 is 0.928. The minimum Gasteiger partial charge on any atom is -0.399 e. The molecule has 4 heteroatoms. The molecule has 1 aliphatic rings. The summed E-state index contributed by atoms with van der Waals surface area (Å²) >= 11 is 2.13. The third-order valence-electron chi connectivity index (χ3n) is 1.86. The third-order valence-corrected chi connectivity index (χ3v) is 2.71. The van der Waals surface area contributed by atoms with E-state index in [2.05, 4.69) is 27.9 Å². The summed E-state index contributed by atoms with van der Waals surface area (Å²) in [6.07, 6.45) is 0. The maximum absolute atomic E-state index is 11.2. The number of hydrogen-bond donors (Lipinski definition) is 2. The van der Waals surface area contributed by atoms with Crippen LogP contribution in [0.1, 0.15) is 15.9 Å². The van der Waals surface area contributed by atoms with E-state index in [9.17, 15) is 4.79 Å². The third kappa shape index (κ3) is 1.06. The van der Waals surface area contributed by atoms with Crippen LogP contribution in [0, 0.1) is 3.57 Å². The molecule has 1 amide bonds. The van der Waals surface area contributed by atoms with E-state index in [-0.39, 0.29) is 5.91 Å². The summed E-state index contributed by atoms with van der Waals surface area (Å²) in [5.41, 5.74) is 8.14. The van der Waals surface area contributed by atoms with Crippen molar-refractivity contribution in [3.8, 4) is 0 Å². The molecule has 0 unspecified atom stereocenters. The quantitative estimate of drug-likeness (QED) is 0.550. The van der Waals surface area contributed by atoms with Gasteiger partial charge in [-0.2, -0.15) is 0 Å². The number of halogens is 1. The Kier molecular flexibility index (Phi) is 1.71. The second kappa shape index (κ2) is 2.62. The molecule has 2 rings (SSSR count). The van der Waals surface area contributed by atoms with Gasteiger partial charge in [0, 0.05) is 15.8 Å². The highest BCUT2D eigenvalue weighted by molar-refractivity contribution is 14.1. The maximum Gasteiger partial charge on any atom is 0.252 e. The van der Waals surface area contributed by atoms with Crippen LogP contribution in [0.5, 0.6) is 0 Å². The van der Waals surface area contributed by atoms with Crippen LogP contribution < -0.4 is 11.1 Å². The van der Waals surface area contributed by atoms with Crippen molar-refractivity contribution in [1.29, 1.82) is 0 Å². The Bertz CT molecular complexity index is 362. The number of nitrogens with one attached hydrogen (secondary N) is 1. The number of nitrogen functional groups attached to an aromatic ring is 1. The van der Waals surface area contributed by atoms with Gasteiger partial charge in [0.25, 0.3) is 5.91 Å². The zero-order chi connectivity index (χ0) is 8.72. The van der Waals surface area contributed by atoms with Gasteiger partial charge in [-0.1, -0.05) is 0 Å². The normalized spacial score (nSPS) is 14.2. The molecule has 0 saturated carbocycles. The Hall–Kier alpha value is -0.780. The highest BCUT2D eigenvalue weighted by Gasteiger charge is 2.21. The van der Waals surface area contributed by atoms with Crippen LogP contribution in [0.2, 0.25) is 0 Å². The molecule has 1 aromatic rings. The maximum atomic E-state index is 11.2. The molecule has 0 atom stereocenters. The van der Waals surface area contributed by atoms with Gasteiger partial charge in [-0.05, 0) is 40.3 Å². The van der Waals surface area contributed by atoms with Crippen molar-refractivity contribution >= 4 is 34.2 Å². The fourth-order valence-corrected chi connectivity index (χ4v) is 2.30. The molecule has 12 heavy (non-hydrogen) atoms. The highest BCUT2D eigenvalue weighted by atomic mass is 127. The lowest BCUT2D eigenvalue weighted by molar-refractivity contribution is 0.0965. The van der Waals surface area contributed by atoms with Crippen molar-refractivity contribution in [3.05, 3.63) is 26.8 Å². The van der Waals surface area contributed by atoms with E-state index < -0.39 is 0 Å². The first-order valence-corrected chi connectivity index (χ1v) is 4.62. The van der Waals surface area contributed by atoms with Crippen LogP contribution in [0.4, 0.5) is 5.69 Å². The van der Waals surface area contributed by atoms with Crippen LogP contribution in [0.15, 0.2) is 12.1 Å². The van der Waals surface area contributed by atoms with Gasteiger partial charge in [0.1, 0.15) is 0 Å². The van der Waals surface area contributed by atoms with E-state index in [1.165, 1.54) is 0 Å². The lowest BCUT2D eigenvalue weighted by atomic mass is 10.1. The Morgan fingerprint density at radius 2 is 2.25 bits per heavy atom. The lowest BCUT2D eigenvalue weighted by Crippen LogP contribution is -2.13. The van der Waals surface area contributed by atoms with E-state index in [0.29, 0.717) is 6.54 Å². The summed E-state index contributed by atoms with van der Waals surface area (Å²) in [5.74, 6) is 0.00870. The first-order chi connectivity index (χ1) is 5.68. The molecular formula is C8H7IN2O. The molecule has 62 valence electrons. The van der Waals surface area contributed by atoms with Crippen LogP contribution >= 0.6 is 22.6 Å². The number of hydrogen-bond acceptors (Lipinski definition) is 2. The Morgan fingerprint density at radius 3 is 3.00 bits per heavy atom. The van der Waals surface area contributed by atoms with Gasteiger partial charge in [0.15, 0.2) is 0 Å². The fraction of sp³-hybridized carbons (Fsp3) is 0.125. The Balaban J connectivity index is 2.68. The fourth-order valence-electron chi connectivity index (χ4n) is 1.34. The second-order valence-electron chi connectivity index (χ2n) is 2.72. The monoisotopic (exact) mass is 274 g/mol. The van der Waals surface area contributed by atoms with Gasteiger partial charge in [-0.25, -0.2) is 0 Å². The standard InChI is InChI=1S/C8H7IN2O/c9-6-2-5(10)1-4-3-11-8(12)7(4)6/h1-2H,3,10H2,(H,11,12). The van der Waals surface area contributed by atoms with Crippen molar-refractivity contribution in [1.82, 2.24) is 5.32 Å². The Morgan fingerprint density at radius 1 is 1.50 bits per heavy atom. The molecule has 0 fully saturated rings. The second-order valence-corrected chi connectivity index (χ2v) is 3.88. The molecule has 3 nitrogen and oxygen atoms in total. The number of carbonyl (C=O) groups is 1. The molecule has 0 aromatic heterocycles. The Labute approximate surface area is 83.5 Å². The van der Waals surface area contributed by atoms with Crippen molar-refractivity contribution in [2.45, 2.75) is 6.54 Å². The SMILES string of the molecule is Nc1cc(I)c2c(c1)CNC2=O. The van der Waals surface area contributed by atoms with Gasteiger partial charge < -0.3 is 11.1 Å². The van der Waals surface area contributed by atoms with Gasteiger partial charge in [0.2, 0.25) is 0 Å².